The third kappa shape index (κ3) is 52.9. The summed E-state index contributed by atoms with van der Waals surface area (Å²) >= 11 is 0. The molecule has 0 heterocycles. The lowest BCUT2D eigenvalue weighted by atomic mass is 10.1. The maximum Gasteiger partial charge on any atom is 0.306 e. The maximum absolute atomic E-state index is 12.8. The summed E-state index contributed by atoms with van der Waals surface area (Å²) in [5, 5.41) is 0. The minimum absolute atomic E-state index is 0.110. The van der Waals surface area contributed by atoms with E-state index in [1.807, 2.05) is 6.08 Å². The van der Waals surface area contributed by atoms with Gasteiger partial charge in [0.05, 0.1) is 0 Å². The molecule has 0 aromatic heterocycles. The van der Waals surface area contributed by atoms with Crippen molar-refractivity contribution in [3.63, 3.8) is 0 Å². The lowest BCUT2D eigenvalue weighted by Crippen LogP contribution is -2.30. The molecule has 0 aromatic carbocycles. The number of esters is 3. The minimum Gasteiger partial charge on any atom is -0.462 e. The predicted octanol–water partition coefficient (Wildman–Crippen LogP) is 18.3. The smallest absolute Gasteiger partial charge is 0.306 e. The van der Waals surface area contributed by atoms with Crippen molar-refractivity contribution < 1.29 is 28.6 Å². The quantitative estimate of drug-likeness (QED) is 0.0262. The van der Waals surface area contributed by atoms with Gasteiger partial charge in [-0.1, -0.05) is 220 Å². The topological polar surface area (TPSA) is 78.9 Å². The highest BCUT2D eigenvalue weighted by Gasteiger charge is 2.19. The molecule has 1 atom stereocenters. The number of allylic oxidation sites excluding steroid dienone is 18. The third-order valence-corrected chi connectivity index (χ3v) is 11.3. The normalized spacial score (nSPS) is 12.9. The number of ether oxygens (including phenoxy) is 3. The fourth-order valence-electron chi connectivity index (χ4n) is 7.21. The summed E-state index contributed by atoms with van der Waals surface area (Å²) in [6, 6.07) is 0. The lowest BCUT2D eigenvalue weighted by molar-refractivity contribution is -0.166. The summed E-state index contributed by atoms with van der Waals surface area (Å²) in [5.41, 5.74) is 0. The molecule has 0 fully saturated rings. The standard InChI is InChI=1S/C61H100O6/c1-4-7-10-13-16-19-22-25-28-30-31-32-34-36-39-42-45-48-51-54-60(63)66-57-58(56-65-59(62)53-50-47-44-41-38-35-27-24-21-18-15-12-9-6-3)67-61(64)55-52-49-46-43-40-37-33-29-26-23-20-17-14-11-8-5-2/h7,9-10,12,16,18-19,21,25,28-29,31-33,36,39,45,48,58H,4-6,8,11,13-15,17,20,22-24,26-27,30,34-35,37-38,40-44,46-47,49-57H2,1-3H3/b10-7-,12-9-,19-16-,21-18-,28-25-,32-31-,33-29-,39-36-,48-45-. The largest absolute Gasteiger partial charge is 0.462 e. The van der Waals surface area contributed by atoms with Crippen LogP contribution in [0.5, 0.6) is 0 Å². The fraction of sp³-hybridized carbons (Fsp3) is 0.656. The summed E-state index contributed by atoms with van der Waals surface area (Å²) < 4.78 is 16.8. The molecule has 0 aliphatic carbocycles. The van der Waals surface area contributed by atoms with E-state index in [0.717, 1.165) is 109 Å². The van der Waals surface area contributed by atoms with Crippen LogP contribution < -0.4 is 0 Å². The van der Waals surface area contributed by atoms with E-state index in [1.165, 1.54) is 83.5 Å². The van der Waals surface area contributed by atoms with Crippen LogP contribution in [0.3, 0.4) is 0 Å². The fourth-order valence-corrected chi connectivity index (χ4v) is 7.21. The van der Waals surface area contributed by atoms with Gasteiger partial charge in [-0.2, -0.15) is 0 Å². The van der Waals surface area contributed by atoms with Crippen LogP contribution in [0.15, 0.2) is 109 Å². The van der Waals surface area contributed by atoms with Gasteiger partial charge in [0.25, 0.3) is 0 Å². The molecule has 0 spiro atoms. The van der Waals surface area contributed by atoms with Crippen LogP contribution in [0.1, 0.15) is 239 Å². The van der Waals surface area contributed by atoms with Gasteiger partial charge >= 0.3 is 17.9 Å². The second-order valence-electron chi connectivity index (χ2n) is 17.7. The Hall–Kier alpha value is -3.93. The van der Waals surface area contributed by atoms with E-state index in [2.05, 4.69) is 124 Å². The first-order valence-electron chi connectivity index (χ1n) is 27.4. The number of carbonyl (C=O) groups excluding carboxylic acids is 3. The Bertz CT molecular complexity index is 1390. The van der Waals surface area contributed by atoms with Gasteiger partial charge in [0.1, 0.15) is 13.2 Å². The molecule has 6 nitrogen and oxygen atoms in total. The number of hydrogen-bond acceptors (Lipinski definition) is 6. The highest BCUT2D eigenvalue weighted by Crippen LogP contribution is 2.14. The Morgan fingerprint density at radius 2 is 0.612 bits per heavy atom. The molecule has 1 unspecified atom stereocenters. The Morgan fingerprint density at radius 1 is 0.313 bits per heavy atom. The van der Waals surface area contributed by atoms with Crippen molar-refractivity contribution in [1.82, 2.24) is 0 Å². The molecule has 0 radical (unpaired) electrons. The van der Waals surface area contributed by atoms with Gasteiger partial charge in [0.15, 0.2) is 6.10 Å². The van der Waals surface area contributed by atoms with Crippen LogP contribution in [0, 0.1) is 0 Å². The van der Waals surface area contributed by atoms with Gasteiger partial charge < -0.3 is 14.2 Å². The molecule has 0 rings (SSSR count). The molecule has 0 bridgehead atoms. The van der Waals surface area contributed by atoms with Crippen molar-refractivity contribution in [2.24, 2.45) is 0 Å². The molecule has 0 N–H and O–H groups in total. The zero-order valence-corrected chi connectivity index (χ0v) is 43.4. The van der Waals surface area contributed by atoms with Crippen LogP contribution >= 0.6 is 0 Å². The molecule has 6 heteroatoms. The van der Waals surface area contributed by atoms with Crippen molar-refractivity contribution in [2.75, 3.05) is 13.2 Å². The second kappa shape index (κ2) is 54.7. The van der Waals surface area contributed by atoms with Crippen molar-refractivity contribution >= 4 is 17.9 Å². The summed E-state index contributed by atoms with van der Waals surface area (Å²) in [5.74, 6) is -1.02. The van der Waals surface area contributed by atoms with Gasteiger partial charge in [-0.15, -0.1) is 0 Å². The van der Waals surface area contributed by atoms with Gasteiger partial charge in [0, 0.05) is 19.3 Å². The first kappa shape index (κ1) is 63.1. The molecular formula is C61H100O6. The Labute approximate surface area is 412 Å². The van der Waals surface area contributed by atoms with E-state index >= 15 is 0 Å². The van der Waals surface area contributed by atoms with Gasteiger partial charge in [0.2, 0.25) is 0 Å². The zero-order chi connectivity index (χ0) is 48.6. The molecule has 0 aliphatic heterocycles. The lowest BCUT2D eigenvalue weighted by Gasteiger charge is -2.18. The zero-order valence-electron chi connectivity index (χ0n) is 43.4. The Balaban J connectivity index is 4.53. The SMILES string of the molecule is CC/C=C\C/C=C\C/C=C\C/C=C\C/C=C\C/C=C\CCC(=O)OCC(COC(=O)CCCCCCCCC/C=C\C/C=C\CC)OC(=O)CCCCCCC/C=C\CCCCCCCCC. The van der Waals surface area contributed by atoms with E-state index in [9.17, 15) is 14.4 Å². The first-order chi connectivity index (χ1) is 33.0. The average molecular weight is 929 g/mol. The highest BCUT2D eigenvalue weighted by molar-refractivity contribution is 5.71. The molecule has 0 aliphatic rings. The van der Waals surface area contributed by atoms with Crippen LogP contribution in [-0.4, -0.2) is 37.2 Å². The van der Waals surface area contributed by atoms with Crippen LogP contribution in [-0.2, 0) is 28.6 Å². The molecule has 0 saturated carbocycles. The summed E-state index contributed by atoms with van der Waals surface area (Å²) in [6.07, 6.45) is 73.7. The third-order valence-electron chi connectivity index (χ3n) is 11.3. The summed E-state index contributed by atoms with van der Waals surface area (Å²) in [4.78, 5) is 38.1. The van der Waals surface area contributed by atoms with E-state index in [1.54, 1.807) is 0 Å². The molecular weight excluding hydrogens is 829 g/mol. The molecule has 0 saturated heterocycles. The van der Waals surface area contributed by atoms with Crippen molar-refractivity contribution in [1.29, 1.82) is 0 Å². The molecule has 380 valence electrons. The average Bonchev–Trinajstić information content (AvgIpc) is 3.33. The number of hydrogen-bond donors (Lipinski definition) is 0. The number of carbonyl (C=O) groups is 3. The van der Waals surface area contributed by atoms with E-state index < -0.39 is 6.10 Å². The number of unbranched alkanes of at least 4 members (excludes halogenated alkanes) is 19. The van der Waals surface area contributed by atoms with Crippen molar-refractivity contribution in [3.05, 3.63) is 109 Å². The highest BCUT2D eigenvalue weighted by atomic mass is 16.6. The van der Waals surface area contributed by atoms with Crippen LogP contribution in [0.4, 0.5) is 0 Å². The van der Waals surface area contributed by atoms with Crippen LogP contribution in [0.25, 0.3) is 0 Å². The number of rotatable bonds is 48. The molecule has 67 heavy (non-hydrogen) atoms. The monoisotopic (exact) mass is 929 g/mol. The maximum atomic E-state index is 12.8. The second-order valence-corrected chi connectivity index (χ2v) is 17.7. The Kier molecular flexibility index (Phi) is 51.5. The van der Waals surface area contributed by atoms with E-state index in [0.29, 0.717) is 19.3 Å². The summed E-state index contributed by atoms with van der Waals surface area (Å²) in [7, 11) is 0. The van der Waals surface area contributed by atoms with Crippen LogP contribution in [0.2, 0.25) is 0 Å². The molecule has 0 amide bonds. The molecule has 0 aromatic rings. The first-order valence-corrected chi connectivity index (χ1v) is 27.4. The van der Waals surface area contributed by atoms with Gasteiger partial charge in [-0.05, 0) is 109 Å². The van der Waals surface area contributed by atoms with Gasteiger partial charge in [-0.3, -0.25) is 14.4 Å². The van der Waals surface area contributed by atoms with E-state index in [4.69, 9.17) is 14.2 Å². The Morgan fingerprint density at radius 3 is 1.01 bits per heavy atom. The van der Waals surface area contributed by atoms with Crippen molar-refractivity contribution in [2.45, 2.75) is 245 Å². The summed E-state index contributed by atoms with van der Waals surface area (Å²) in [6.45, 7) is 6.33. The van der Waals surface area contributed by atoms with Gasteiger partial charge in [-0.25, -0.2) is 0 Å². The minimum atomic E-state index is -0.818. The predicted molar refractivity (Wildman–Crippen MR) is 288 cm³/mol. The van der Waals surface area contributed by atoms with E-state index in [-0.39, 0.29) is 37.5 Å². The van der Waals surface area contributed by atoms with Crippen molar-refractivity contribution in [3.8, 4) is 0 Å².